The van der Waals surface area contributed by atoms with Crippen LogP contribution in [0.15, 0.2) is 53.3 Å². The Morgan fingerprint density at radius 2 is 1.77 bits per heavy atom. The molecule has 0 aliphatic carbocycles. The summed E-state index contributed by atoms with van der Waals surface area (Å²) >= 11 is 0. The Morgan fingerprint density at radius 3 is 2.58 bits per heavy atom. The molecule has 5 rings (SSSR count). The molecular weight excluding hydrogens is 392 g/mol. The van der Waals surface area contributed by atoms with E-state index >= 15 is 0 Å². The molecule has 31 heavy (non-hydrogen) atoms. The summed E-state index contributed by atoms with van der Waals surface area (Å²) in [6.07, 6.45) is 3.37. The van der Waals surface area contributed by atoms with E-state index in [9.17, 15) is 9.59 Å². The van der Waals surface area contributed by atoms with Crippen LogP contribution < -0.4 is 15.9 Å². The molecule has 0 unspecified atom stereocenters. The van der Waals surface area contributed by atoms with Crippen LogP contribution >= 0.6 is 0 Å². The van der Waals surface area contributed by atoms with Gasteiger partial charge in [-0.05, 0) is 49.9 Å². The number of nitrogens with one attached hydrogen (secondary N) is 1. The molecule has 1 saturated heterocycles. The normalized spacial score (nSPS) is 14.3. The average Bonchev–Trinajstić information content (AvgIpc) is 3.11. The van der Waals surface area contributed by atoms with Crippen LogP contribution in [0.4, 0.5) is 11.5 Å². The first-order chi connectivity index (χ1) is 15.1. The minimum absolute atomic E-state index is 0.164. The van der Waals surface area contributed by atoms with Gasteiger partial charge < -0.3 is 10.2 Å². The van der Waals surface area contributed by atoms with Crippen molar-refractivity contribution in [2.75, 3.05) is 23.3 Å². The Labute approximate surface area is 179 Å². The van der Waals surface area contributed by atoms with Crippen LogP contribution in [0.2, 0.25) is 0 Å². The SMILES string of the molecule is Cc1ccccc1NC(=O)Cn1nc2c(N3CCCCC3)nc3ccccc3n2c1=O. The number of anilines is 2. The summed E-state index contributed by atoms with van der Waals surface area (Å²) in [6, 6.07) is 15.1. The molecule has 8 heteroatoms. The van der Waals surface area contributed by atoms with Crippen molar-refractivity contribution >= 4 is 34.1 Å². The summed E-state index contributed by atoms with van der Waals surface area (Å²) in [5.74, 6) is 0.408. The lowest BCUT2D eigenvalue weighted by Crippen LogP contribution is -2.31. The topological polar surface area (TPSA) is 84.5 Å². The lowest BCUT2D eigenvalue weighted by Gasteiger charge is -2.27. The van der Waals surface area contributed by atoms with Gasteiger partial charge in [0, 0.05) is 18.8 Å². The number of carbonyl (C=O) groups excluding carboxylic acids is 1. The minimum Gasteiger partial charge on any atom is -0.353 e. The number of piperidine rings is 1. The van der Waals surface area contributed by atoms with E-state index in [1.54, 1.807) is 4.40 Å². The number of nitrogens with zero attached hydrogens (tertiary/aromatic N) is 5. The van der Waals surface area contributed by atoms with Gasteiger partial charge >= 0.3 is 5.69 Å². The number of amides is 1. The van der Waals surface area contributed by atoms with E-state index in [1.807, 2.05) is 55.5 Å². The maximum atomic E-state index is 13.3. The zero-order chi connectivity index (χ0) is 21.4. The van der Waals surface area contributed by atoms with E-state index in [4.69, 9.17) is 4.98 Å². The fourth-order valence-electron chi connectivity index (χ4n) is 4.14. The van der Waals surface area contributed by atoms with Crippen molar-refractivity contribution in [2.24, 2.45) is 0 Å². The summed E-state index contributed by atoms with van der Waals surface area (Å²) in [5.41, 5.74) is 3.27. The molecule has 3 heterocycles. The highest BCUT2D eigenvalue weighted by molar-refractivity contribution is 5.91. The van der Waals surface area contributed by atoms with E-state index in [0.29, 0.717) is 17.0 Å². The summed E-state index contributed by atoms with van der Waals surface area (Å²) < 4.78 is 2.80. The highest BCUT2D eigenvalue weighted by atomic mass is 16.2. The van der Waals surface area contributed by atoms with Crippen LogP contribution in [-0.4, -0.2) is 38.2 Å². The minimum atomic E-state index is -0.341. The smallest absolute Gasteiger partial charge is 0.351 e. The van der Waals surface area contributed by atoms with Crippen LogP contribution in [0.1, 0.15) is 24.8 Å². The highest BCUT2D eigenvalue weighted by Crippen LogP contribution is 2.25. The van der Waals surface area contributed by atoms with Crippen molar-refractivity contribution in [1.82, 2.24) is 19.2 Å². The Kier molecular flexibility index (Phi) is 4.89. The van der Waals surface area contributed by atoms with Crippen LogP contribution in [0.25, 0.3) is 16.7 Å². The van der Waals surface area contributed by atoms with Crippen LogP contribution in [0, 0.1) is 6.92 Å². The Morgan fingerprint density at radius 1 is 1.03 bits per heavy atom. The van der Waals surface area contributed by atoms with Gasteiger partial charge in [-0.3, -0.25) is 4.79 Å². The molecule has 0 saturated carbocycles. The largest absolute Gasteiger partial charge is 0.353 e. The first kappa shape index (κ1) is 19.3. The number of benzene rings is 2. The van der Waals surface area contributed by atoms with Gasteiger partial charge in [-0.15, -0.1) is 5.10 Å². The molecular formula is C23H24N6O2. The lowest BCUT2D eigenvalue weighted by atomic mass is 10.1. The molecule has 1 fully saturated rings. The third kappa shape index (κ3) is 3.54. The van der Waals surface area contributed by atoms with Crippen molar-refractivity contribution in [3.05, 3.63) is 64.6 Å². The predicted molar refractivity (Wildman–Crippen MR) is 121 cm³/mol. The standard InChI is InChI=1S/C23H24N6O2/c1-16-9-3-4-10-17(16)24-20(30)15-28-23(31)29-19-12-6-5-11-18(19)25-21(22(29)26-28)27-13-7-2-8-14-27/h3-6,9-12H,2,7-8,13-15H2,1H3,(H,24,30). The third-order valence-electron chi connectivity index (χ3n) is 5.76. The van der Waals surface area contributed by atoms with Gasteiger partial charge in [0.25, 0.3) is 0 Å². The molecule has 0 radical (unpaired) electrons. The third-order valence-corrected chi connectivity index (χ3v) is 5.76. The number of hydrogen-bond acceptors (Lipinski definition) is 5. The fraction of sp³-hybridized carbons (Fsp3) is 0.304. The van der Waals surface area contributed by atoms with E-state index in [2.05, 4.69) is 15.3 Å². The molecule has 2 aromatic heterocycles. The number of para-hydroxylation sites is 3. The van der Waals surface area contributed by atoms with Crippen molar-refractivity contribution in [2.45, 2.75) is 32.7 Å². The van der Waals surface area contributed by atoms with Gasteiger partial charge in [-0.2, -0.15) is 0 Å². The Hall–Kier alpha value is -3.68. The van der Waals surface area contributed by atoms with Gasteiger partial charge in [0.15, 0.2) is 5.82 Å². The van der Waals surface area contributed by atoms with E-state index in [-0.39, 0.29) is 18.1 Å². The number of rotatable bonds is 4. The number of fused-ring (bicyclic) bond motifs is 3. The number of aryl methyl sites for hydroxylation is 1. The van der Waals surface area contributed by atoms with E-state index in [1.165, 1.54) is 11.1 Å². The molecule has 4 aromatic rings. The quantitative estimate of drug-likeness (QED) is 0.553. The Bertz CT molecular complexity index is 1330. The lowest BCUT2D eigenvalue weighted by molar-refractivity contribution is -0.117. The van der Waals surface area contributed by atoms with Crippen molar-refractivity contribution in [3.8, 4) is 0 Å². The zero-order valence-electron chi connectivity index (χ0n) is 17.4. The molecule has 8 nitrogen and oxygen atoms in total. The molecule has 158 valence electrons. The van der Waals surface area contributed by atoms with E-state index < -0.39 is 0 Å². The monoisotopic (exact) mass is 416 g/mol. The van der Waals surface area contributed by atoms with Gasteiger partial charge in [-0.1, -0.05) is 30.3 Å². The predicted octanol–water partition coefficient (Wildman–Crippen LogP) is 2.98. The second-order valence-corrected chi connectivity index (χ2v) is 7.93. The molecule has 1 amide bonds. The summed E-state index contributed by atoms with van der Waals surface area (Å²) in [4.78, 5) is 33.0. The van der Waals surface area contributed by atoms with Gasteiger partial charge in [0.05, 0.1) is 11.0 Å². The molecule has 1 aliphatic heterocycles. The molecule has 0 spiro atoms. The first-order valence-corrected chi connectivity index (χ1v) is 10.6. The van der Waals surface area contributed by atoms with Gasteiger partial charge in [-0.25, -0.2) is 18.9 Å². The highest BCUT2D eigenvalue weighted by Gasteiger charge is 2.22. The maximum absolute atomic E-state index is 13.3. The number of aromatic nitrogens is 4. The number of hydrogen-bond donors (Lipinski definition) is 1. The van der Waals surface area contributed by atoms with Crippen molar-refractivity contribution < 1.29 is 4.79 Å². The second-order valence-electron chi connectivity index (χ2n) is 7.93. The van der Waals surface area contributed by atoms with Gasteiger partial charge in [0.1, 0.15) is 6.54 Å². The molecule has 1 aliphatic rings. The fourth-order valence-corrected chi connectivity index (χ4v) is 4.14. The molecule has 0 atom stereocenters. The van der Waals surface area contributed by atoms with Crippen LogP contribution in [0.3, 0.4) is 0 Å². The van der Waals surface area contributed by atoms with Crippen LogP contribution in [0.5, 0.6) is 0 Å². The zero-order valence-corrected chi connectivity index (χ0v) is 17.4. The molecule has 2 aromatic carbocycles. The van der Waals surface area contributed by atoms with Crippen molar-refractivity contribution in [1.29, 1.82) is 0 Å². The van der Waals surface area contributed by atoms with Gasteiger partial charge in [0.2, 0.25) is 11.6 Å². The summed E-state index contributed by atoms with van der Waals surface area (Å²) in [6.45, 7) is 3.53. The first-order valence-electron chi connectivity index (χ1n) is 10.6. The summed E-state index contributed by atoms with van der Waals surface area (Å²) in [7, 11) is 0. The van der Waals surface area contributed by atoms with Crippen LogP contribution in [-0.2, 0) is 11.3 Å². The van der Waals surface area contributed by atoms with Crippen molar-refractivity contribution in [3.63, 3.8) is 0 Å². The Balaban J connectivity index is 1.57. The average molecular weight is 416 g/mol. The summed E-state index contributed by atoms with van der Waals surface area (Å²) in [5, 5.41) is 7.42. The molecule has 0 bridgehead atoms. The molecule has 1 N–H and O–H groups in total. The van der Waals surface area contributed by atoms with E-state index in [0.717, 1.165) is 42.7 Å². The second kappa shape index (κ2) is 7.86. The number of carbonyl (C=O) groups is 1. The maximum Gasteiger partial charge on any atom is 0.351 e.